The number of nitrogens with one attached hydrogen (secondary N) is 2. The lowest BCUT2D eigenvalue weighted by molar-refractivity contribution is -0.141. The molecule has 0 spiro atoms. The zero-order valence-electron chi connectivity index (χ0n) is 14.0. The fraction of sp³-hybridized carbons (Fsp3) is 0.667. The van der Waals surface area contributed by atoms with E-state index in [1.807, 2.05) is 0 Å². The van der Waals surface area contributed by atoms with E-state index in [0.717, 1.165) is 6.07 Å². The van der Waals surface area contributed by atoms with Gasteiger partial charge in [-0.3, -0.25) is 5.43 Å². The quantitative estimate of drug-likeness (QED) is 0.836. The summed E-state index contributed by atoms with van der Waals surface area (Å²) in [6, 6.07) is 2.20. The van der Waals surface area contributed by atoms with Crippen LogP contribution in [0.25, 0.3) is 0 Å². The van der Waals surface area contributed by atoms with Gasteiger partial charge in [-0.05, 0) is 31.9 Å². The van der Waals surface area contributed by atoms with E-state index >= 15 is 0 Å². The van der Waals surface area contributed by atoms with Crippen molar-refractivity contribution in [3.05, 3.63) is 29.1 Å². The molecule has 6 nitrogen and oxygen atoms in total. The number of piperidine rings is 1. The molecular formula is C15H21F3N4O2S. The highest BCUT2D eigenvalue weighted by Crippen LogP contribution is 2.36. The second-order valence-electron chi connectivity index (χ2n) is 6.45. The lowest BCUT2D eigenvalue weighted by atomic mass is 9.85. The van der Waals surface area contributed by atoms with Crippen molar-refractivity contribution in [1.29, 1.82) is 0 Å². The fourth-order valence-corrected chi connectivity index (χ4v) is 4.72. The van der Waals surface area contributed by atoms with Crippen LogP contribution in [0.15, 0.2) is 12.1 Å². The monoisotopic (exact) mass is 378 g/mol. The van der Waals surface area contributed by atoms with Crippen LogP contribution in [0.4, 0.5) is 13.2 Å². The molecule has 3 heterocycles. The van der Waals surface area contributed by atoms with Gasteiger partial charge in [0.05, 0.1) is 11.8 Å². The first-order valence-corrected chi connectivity index (χ1v) is 9.78. The van der Waals surface area contributed by atoms with Crippen LogP contribution in [0.5, 0.6) is 0 Å². The van der Waals surface area contributed by atoms with E-state index in [4.69, 9.17) is 0 Å². The minimum absolute atomic E-state index is 0.0385. The van der Waals surface area contributed by atoms with E-state index in [1.54, 1.807) is 13.8 Å². The number of pyridine rings is 1. The van der Waals surface area contributed by atoms with Crippen molar-refractivity contribution < 1.29 is 21.6 Å². The number of fused-ring (bicyclic) bond motifs is 1. The number of nitrogens with zero attached hydrogens (tertiary/aromatic N) is 2. The van der Waals surface area contributed by atoms with Gasteiger partial charge in [0.2, 0.25) is 10.0 Å². The van der Waals surface area contributed by atoms with Crippen LogP contribution in [0.2, 0.25) is 0 Å². The molecule has 0 aromatic carbocycles. The zero-order valence-corrected chi connectivity index (χ0v) is 14.8. The van der Waals surface area contributed by atoms with Gasteiger partial charge < -0.3 is 0 Å². The van der Waals surface area contributed by atoms with Gasteiger partial charge in [0, 0.05) is 30.7 Å². The maximum absolute atomic E-state index is 12.8. The topological polar surface area (TPSA) is 74.3 Å². The summed E-state index contributed by atoms with van der Waals surface area (Å²) in [6.45, 7) is 3.94. The van der Waals surface area contributed by atoms with E-state index < -0.39 is 21.9 Å². The molecule has 3 rings (SSSR count). The second-order valence-corrected chi connectivity index (χ2v) is 8.71. The number of hydrazine groups is 1. The van der Waals surface area contributed by atoms with Crippen molar-refractivity contribution in [3.63, 3.8) is 0 Å². The van der Waals surface area contributed by atoms with Gasteiger partial charge in [0.1, 0.15) is 5.69 Å². The number of alkyl halides is 3. The number of halogens is 3. The Morgan fingerprint density at radius 1 is 1.32 bits per heavy atom. The molecule has 140 valence electrons. The largest absolute Gasteiger partial charge is 0.433 e. The van der Waals surface area contributed by atoms with E-state index in [1.165, 1.54) is 10.4 Å². The van der Waals surface area contributed by atoms with Crippen molar-refractivity contribution >= 4 is 10.0 Å². The van der Waals surface area contributed by atoms with Gasteiger partial charge >= 0.3 is 6.18 Å². The van der Waals surface area contributed by atoms with Crippen LogP contribution in [0.1, 0.15) is 36.3 Å². The molecule has 1 aromatic rings. The number of hydrogen-bond donors (Lipinski definition) is 2. The van der Waals surface area contributed by atoms with Crippen molar-refractivity contribution in [2.75, 3.05) is 18.8 Å². The summed E-state index contributed by atoms with van der Waals surface area (Å²) in [5, 5.41) is 0. The minimum Gasteiger partial charge on any atom is -0.254 e. The molecule has 3 unspecified atom stereocenters. The van der Waals surface area contributed by atoms with Crippen LogP contribution < -0.4 is 10.9 Å². The third-order valence-electron chi connectivity index (χ3n) is 4.98. The summed E-state index contributed by atoms with van der Waals surface area (Å²) in [6.07, 6.45) is -3.83. The fourth-order valence-electron chi connectivity index (χ4n) is 3.57. The standard InChI is InChI=1S/C15H21F3N4O2S/c1-3-25(23,24)22-7-6-12-11(8-22)14(21-20-12)10-4-5-13(15(16,17)18)19-9(10)2/h4-5,11-12,14,20-21H,3,6-8H2,1-2H3. The summed E-state index contributed by atoms with van der Waals surface area (Å²) in [5.41, 5.74) is 6.29. The van der Waals surface area contributed by atoms with Crippen molar-refractivity contribution in [1.82, 2.24) is 20.1 Å². The van der Waals surface area contributed by atoms with Crippen LogP contribution >= 0.6 is 0 Å². The van der Waals surface area contributed by atoms with Crippen molar-refractivity contribution in [3.8, 4) is 0 Å². The molecule has 25 heavy (non-hydrogen) atoms. The first kappa shape index (κ1) is 18.6. The van der Waals surface area contributed by atoms with Gasteiger partial charge in [-0.15, -0.1) is 0 Å². The zero-order chi connectivity index (χ0) is 18.4. The first-order chi connectivity index (χ1) is 11.6. The van der Waals surface area contributed by atoms with Crippen LogP contribution in [0, 0.1) is 12.8 Å². The Bertz CT molecular complexity index is 754. The van der Waals surface area contributed by atoms with Gasteiger partial charge in [-0.2, -0.15) is 13.2 Å². The van der Waals surface area contributed by atoms with Gasteiger partial charge in [-0.25, -0.2) is 23.1 Å². The molecule has 10 heteroatoms. The number of sulfonamides is 1. The third-order valence-corrected chi connectivity index (χ3v) is 6.83. The number of aromatic nitrogens is 1. The van der Waals surface area contributed by atoms with Crippen molar-refractivity contribution in [2.45, 2.75) is 38.5 Å². The Morgan fingerprint density at radius 2 is 2.04 bits per heavy atom. The first-order valence-electron chi connectivity index (χ1n) is 8.17. The Kier molecular flexibility index (Phi) is 4.82. The SMILES string of the molecule is CCS(=O)(=O)N1CCC2NNC(c3ccc(C(F)(F)F)nc3C)C2C1. The highest BCUT2D eigenvalue weighted by Gasteiger charge is 2.43. The average Bonchev–Trinajstić information content (AvgIpc) is 2.97. The Morgan fingerprint density at radius 3 is 2.64 bits per heavy atom. The number of aryl methyl sites for hydroxylation is 1. The summed E-state index contributed by atoms with van der Waals surface area (Å²) >= 11 is 0. The number of hydrogen-bond acceptors (Lipinski definition) is 5. The maximum atomic E-state index is 12.8. The summed E-state index contributed by atoms with van der Waals surface area (Å²) in [4.78, 5) is 3.69. The van der Waals surface area contributed by atoms with E-state index in [0.29, 0.717) is 30.8 Å². The third kappa shape index (κ3) is 3.53. The molecule has 2 N–H and O–H groups in total. The summed E-state index contributed by atoms with van der Waals surface area (Å²) in [7, 11) is -3.29. The predicted molar refractivity (Wildman–Crippen MR) is 85.9 cm³/mol. The summed E-state index contributed by atoms with van der Waals surface area (Å²) < 4.78 is 64.2. The molecule has 3 atom stereocenters. The Labute approximate surface area is 144 Å². The lowest BCUT2D eigenvalue weighted by Gasteiger charge is -2.35. The van der Waals surface area contributed by atoms with E-state index in [2.05, 4.69) is 15.8 Å². The molecule has 0 saturated carbocycles. The van der Waals surface area contributed by atoms with Gasteiger partial charge in [0.25, 0.3) is 0 Å². The van der Waals surface area contributed by atoms with E-state index in [9.17, 15) is 21.6 Å². The highest BCUT2D eigenvalue weighted by atomic mass is 32.2. The van der Waals surface area contributed by atoms with Crippen molar-refractivity contribution in [2.24, 2.45) is 5.92 Å². The van der Waals surface area contributed by atoms with Crippen LogP contribution in [-0.2, 0) is 16.2 Å². The molecule has 2 aliphatic heterocycles. The van der Waals surface area contributed by atoms with E-state index in [-0.39, 0.29) is 23.8 Å². The summed E-state index contributed by atoms with van der Waals surface area (Å²) in [5.74, 6) is -0.0242. The maximum Gasteiger partial charge on any atom is 0.433 e. The molecular weight excluding hydrogens is 357 g/mol. The van der Waals surface area contributed by atoms with Gasteiger partial charge in [0.15, 0.2) is 0 Å². The molecule has 2 saturated heterocycles. The smallest absolute Gasteiger partial charge is 0.254 e. The molecule has 0 bridgehead atoms. The normalized spacial score (nSPS) is 28.1. The Hall–Kier alpha value is -1.23. The average molecular weight is 378 g/mol. The molecule has 2 aliphatic rings. The number of rotatable bonds is 3. The van der Waals surface area contributed by atoms with Crippen LogP contribution in [-0.4, -0.2) is 42.6 Å². The predicted octanol–water partition coefficient (Wildman–Crippen LogP) is 1.60. The lowest BCUT2D eigenvalue weighted by Crippen LogP contribution is -2.48. The van der Waals surface area contributed by atoms with Gasteiger partial charge in [-0.1, -0.05) is 6.07 Å². The van der Waals surface area contributed by atoms with Crippen LogP contribution in [0.3, 0.4) is 0 Å². The molecule has 2 fully saturated rings. The molecule has 1 aromatic heterocycles. The molecule has 0 amide bonds. The molecule has 0 aliphatic carbocycles. The second kappa shape index (κ2) is 6.49. The molecule has 0 radical (unpaired) electrons. The minimum atomic E-state index is -4.48. The Balaban J connectivity index is 1.86. The highest BCUT2D eigenvalue weighted by molar-refractivity contribution is 7.89.